The molecule has 1 aliphatic carbocycles. The Morgan fingerprint density at radius 3 is 2.33 bits per heavy atom. The maximum absolute atomic E-state index is 11.7. The van der Waals surface area contributed by atoms with Crippen LogP contribution in [0.2, 0.25) is 0 Å². The van der Waals surface area contributed by atoms with E-state index in [1.165, 1.54) is 0 Å². The zero-order valence-corrected chi connectivity index (χ0v) is 11.2. The highest BCUT2D eigenvalue weighted by atomic mass is 35.5. The van der Waals surface area contributed by atoms with E-state index in [2.05, 4.69) is 4.72 Å². The Labute approximate surface area is 103 Å². The summed E-state index contributed by atoms with van der Waals surface area (Å²) in [6.07, 6.45) is 0.572. The number of nitrogens with zero attached hydrogens (tertiary/aromatic N) is 1. The summed E-state index contributed by atoms with van der Waals surface area (Å²) in [4.78, 5) is 0. The predicted molar refractivity (Wildman–Crippen MR) is 63.0 cm³/mol. The largest absolute Gasteiger partial charge is 0.598 e. The second-order valence-corrected chi connectivity index (χ2v) is 8.22. The highest BCUT2D eigenvalue weighted by molar-refractivity contribution is 7.90. The third-order valence-electron chi connectivity index (χ3n) is 2.21. The monoisotopic (exact) mass is 268 g/mol. The van der Waals surface area contributed by atoms with Crippen LogP contribution in [0.3, 0.4) is 0 Å². The zero-order chi connectivity index (χ0) is 11.9. The molecule has 3 atom stereocenters. The summed E-state index contributed by atoms with van der Waals surface area (Å²) in [5.41, 5.74) is 0. The second kappa shape index (κ2) is 4.31. The average molecular weight is 269 g/mol. The summed E-state index contributed by atoms with van der Waals surface area (Å²) in [6, 6.07) is 1.51. The molecular weight excluding hydrogens is 255 g/mol. The van der Waals surface area contributed by atoms with Gasteiger partial charge in [-0.2, -0.15) is 5.26 Å². The number of hydrogen-bond acceptors (Lipinski definition) is 3. The fraction of sp³-hybridized carbons (Fsp3) is 0.889. The third kappa shape index (κ3) is 3.40. The molecule has 2 unspecified atom stereocenters. The minimum atomic E-state index is -1.27. The first-order valence-electron chi connectivity index (χ1n) is 4.64. The Morgan fingerprint density at radius 2 is 2.07 bits per heavy atom. The molecular formula is C9H14Cl2N2OS. The van der Waals surface area contributed by atoms with E-state index in [1.807, 2.05) is 26.8 Å². The molecule has 0 aromatic carbocycles. The topological polar surface area (TPSA) is 58.9 Å². The second-order valence-electron chi connectivity index (χ2n) is 4.68. The van der Waals surface area contributed by atoms with E-state index >= 15 is 0 Å². The van der Waals surface area contributed by atoms with Crippen molar-refractivity contribution in [1.82, 2.24) is 4.72 Å². The molecule has 3 nitrogen and oxygen atoms in total. The van der Waals surface area contributed by atoms with E-state index < -0.39 is 26.5 Å². The van der Waals surface area contributed by atoms with E-state index in [0.29, 0.717) is 6.42 Å². The molecule has 0 radical (unpaired) electrons. The number of halogens is 2. The lowest BCUT2D eigenvalue weighted by Gasteiger charge is -2.25. The molecule has 0 aromatic heterocycles. The molecule has 1 aliphatic rings. The molecule has 15 heavy (non-hydrogen) atoms. The molecule has 0 saturated heterocycles. The van der Waals surface area contributed by atoms with Crippen molar-refractivity contribution in [1.29, 1.82) is 5.26 Å². The van der Waals surface area contributed by atoms with Gasteiger partial charge in [-0.25, -0.2) is 0 Å². The van der Waals surface area contributed by atoms with Gasteiger partial charge in [-0.1, -0.05) is 0 Å². The van der Waals surface area contributed by atoms with Crippen LogP contribution in [-0.4, -0.2) is 19.7 Å². The molecule has 0 heterocycles. The van der Waals surface area contributed by atoms with Crippen LogP contribution in [0.4, 0.5) is 0 Å². The Balaban J connectivity index is 2.54. The van der Waals surface area contributed by atoms with Gasteiger partial charge >= 0.3 is 0 Å². The molecule has 1 rings (SSSR count). The Bertz CT molecular complexity index is 285. The minimum absolute atomic E-state index is 0.128. The van der Waals surface area contributed by atoms with Crippen molar-refractivity contribution >= 4 is 34.6 Å². The van der Waals surface area contributed by atoms with E-state index in [4.69, 9.17) is 28.5 Å². The van der Waals surface area contributed by atoms with Gasteiger partial charge in [-0.15, -0.1) is 27.9 Å². The highest BCUT2D eigenvalue weighted by Crippen LogP contribution is 2.54. The van der Waals surface area contributed by atoms with Crippen LogP contribution < -0.4 is 4.72 Å². The number of hydrogen-bond donors (Lipinski definition) is 1. The van der Waals surface area contributed by atoms with Crippen molar-refractivity contribution in [2.24, 2.45) is 5.92 Å². The zero-order valence-electron chi connectivity index (χ0n) is 8.88. The Kier molecular flexibility index (Phi) is 3.85. The summed E-state index contributed by atoms with van der Waals surface area (Å²) in [5, 5.41) is 8.92. The highest BCUT2D eigenvalue weighted by Gasteiger charge is 2.57. The van der Waals surface area contributed by atoms with Crippen LogP contribution in [-0.2, 0) is 11.4 Å². The molecule has 0 amide bonds. The van der Waals surface area contributed by atoms with Crippen LogP contribution in [0.5, 0.6) is 0 Å². The lowest BCUT2D eigenvalue weighted by Crippen LogP contribution is -2.45. The standard InChI is InChI=1S/C9H14Cl2N2OS/c1-8(2,3)15(14)13-7(5-12)6-4-9(6,10)11/h6-7,13H,4H2,1-3H3/t6?,7?,15-/m1/s1. The van der Waals surface area contributed by atoms with Crippen LogP contribution in [0.1, 0.15) is 27.2 Å². The fourth-order valence-corrected chi connectivity index (χ4v) is 2.47. The van der Waals surface area contributed by atoms with Gasteiger partial charge in [0.15, 0.2) is 0 Å². The number of rotatable bonds is 3. The summed E-state index contributed by atoms with van der Waals surface area (Å²) in [6.45, 7) is 5.52. The van der Waals surface area contributed by atoms with E-state index in [9.17, 15) is 4.55 Å². The van der Waals surface area contributed by atoms with Crippen LogP contribution in [0.25, 0.3) is 0 Å². The number of nitriles is 1. The lowest BCUT2D eigenvalue weighted by molar-refractivity contribution is 0.526. The smallest absolute Gasteiger partial charge is 0.145 e. The van der Waals surface area contributed by atoms with Crippen molar-refractivity contribution < 1.29 is 4.55 Å². The van der Waals surface area contributed by atoms with E-state index in [0.717, 1.165) is 0 Å². The van der Waals surface area contributed by atoms with Gasteiger partial charge in [0.05, 0.1) is 6.07 Å². The van der Waals surface area contributed by atoms with Crippen LogP contribution >= 0.6 is 23.2 Å². The molecule has 0 bridgehead atoms. The van der Waals surface area contributed by atoms with Crippen molar-refractivity contribution in [2.75, 3.05) is 0 Å². The fourth-order valence-electron chi connectivity index (χ4n) is 1.09. The number of nitrogens with one attached hydrogen (secondary N) is 1. The molecule has 0 spiro atoms. The van der Waals surface area contributed by atoms with Crippen LogP contribution in [0, 0.1) is 17.2 Å². The van der Waals surface area contributed by atoms with Gasteiger partial charge in [0, 0.05) is 17.3 Å². The summed E-state index contributed by atoms with van der Waals surface area (Å²) >= 11 is 10.4. The first-order chi connectivity index (χ1) is 6.68. The van der Waals surface area contributed by atoms with Gasteiger partial charge in [0.1, 0.15) is 15.1 Å². The van der Waals surface area contributed by atoms with Gasteiger partial charge in [-0.3, -0.25) is 0 Å². The average Bonchev–Trinajstić information content (AvgIpc) is 2.68. The minimum Gasteiger partial charge on any atom is -0.598 e. The Hall–Kier alpha value is 0.340. The maximum atomic E-state index is 11.7. The number of alkyl halides is 2. The molecule has 1 N–H and O–H groups in total. The van der Waals surface area contributed by atoms with Gasteiger partial charge in [-0.05, 0) is 27.2 Å². The molecule has 0 aliphatic heterocycles. The quantitative estimate of drug-likeness (QED) is 0.630. The van der Waals surface area contributed by atoms with E-state index in [-0.39, 0.29) is 5.92 Å². The lowest BCUT2D eigenvalue weighted by atomic mass is 10.2. The first-order valence-corrected chi connectivity index (χ1v) is 6.54. The van der Waals surface area contributed by atoms with E-state index in [1.54, 1.807) is 0 Å². The van der Waals surface area contributed by atoms with Crippen LogP contribution in [0.15, 0.2) is 0 Å². The maximum Gasteiger partial charge on any atom is 0.145 e. The predicted octanol–water partition coefficient (Wildman–Crippen LogP) is 2.12. The van der Waals surface area contributed by atoms with Crippen molar-refractivity contribution in [3.63, 3.8) is 0 Å². The van der Waals surface area contributed by atoms with Crippen molar-refractivity contribution in [2.45, 2.75) is 42.3 Å². The third-order valence-corrected chi connectivity index (χ3v) is 4.66. The van der Waals surface area contributed by atoms with Crippen molar-refractivity contribution in [3.05, 3.63) is 0 Å². The molecule has 0 aromatic rings. The van der Waals surface area contributed by atoms with Crippen molar-refractivity contribution in [3.8, 4) is 6.07 Å². The first kappa shape index (κ1) is 13.4. The molecule has 86 valence electrons. The summed E-state index contributed by atoms with van der Waals surface area (Å²) in [7, 11) is 0. The molecule has 1 fully saturated rings. The normalized spacial score (nSPS) is 27.9. The molecule has 6 heteroatoms. The van der Waals surface area contributed by atoms with Gasteiger partial charge < -0.3 is 4.55 Å². The summed E-state index contributed by atoms with van der Waals surface area (Å²) < 4.78 is 13.3. The van der Waals surface area contributed by atoms with Gasteiger partial charge in [0.2, 0.25) is 0 Å². The van der Waals surface area contributed by atoms with Gasteiger partial charge in [0.25, 0.3) is 0 Å². The Morgan fingerprint density at radius 1 is 1.60 bits per heavy atom. The molecule has 1 saturated carbocycles. The summed E-state index contributed by atoms with van der Waals surface area (Å²) in [5.74, 6) is -0.128. The SMILES string of the molecule is CC(C)(C)[S@@+]([O-])NC(C#N)C1CC1(Cl)Cl.